The maximum Gasteiger partial charge on any atom is 0.149 e. The summed E-state index contributed by atoms with van der Waals surface area (Å²) in [5, 5.41) is 11.9. The first-order valence-electron chi connectivity index (χ1n) is 3.51. The lowest BCUT2D eigenvalue weighted by atomic mass is 10.2. The second-order valence-electron chi connectivity index (χ2n) is 2.34. The number of hydrogen-bond acceptors (Lipinski definition) is 3. The molecule has 62 valence electrons. The van der Waals surface area contributed by atoms with E-state index in [1.807, 2.05) is 30.3 Å². The summed E-state index contributed by atoms with van der Waals surface area (Å²) in [4.78, 5) is 0. The highest BCUT2D eigenvalue weighted by Crippen LogP contribution is 2.02. The molecule has 4 nitrogen and oxygen atoms in total. The molecule has 2 N–H and O–H groups in total. The van der Waals surface area contributed by atoms with E-state index in [1.54, 1.807) is 7.05 Å². The molecular weight excluding hydrogens is 152 g/mol. The van der Waals surface area contributed by atoms with Crippen LogP contribution in [0.15, 0.2) is 35.6 Å². The summed E-state index contributed by atoms with van der Waals surface area (Å²) in [6.07, 6.45) is 0. The Hall–Kier alpha value is -1.71. The monoisotopic (exact) mass is 162 g/mol. The number of amidine groups is 1. The van der Waals surface area contributed by atoms with Crippen LogP contribution in [0.5, 0.6) is 0 Å². The van der Waals surface area contributed by atoms with Gasteiger partial charge in [-0.25, -0.2) is 5.01 Å². The Labute approximate surface area is 70.8 Å². The van der Waals surface area contributed by atoms with Crippen LogP contribution in [0.3, 0.4) is 0 Å². The fraction of sp³-hybridized carbons (Fsp3) is 0.125. The van der Waals surface area contributed by atoms with Crippen molar-refractivity contribution in [3.8, 4) is 0 Å². The van der Waals surface area contributed by atoms with Crippen molar-refractivity contribution in [3.63, 3.8) is 0 Å². The van der Waals surface area contributed by atoms with Crippen molar-refractivity contribution in [3.05, 3.63) is 35.9 Å². The van der Waals surface area contributed by atoms with Gasteiger partial charge < -0.3 is 0 Å². The minimum absolute atomic E-state index is 0.227. The predicted molar refractivity (Wildman–Crippen MR) is 46.2 cm³/mol. The van der Waals surface area contributed by atoms with Crippen molar-refractivity contribution in [2.45, 2.75) is 0 Å². The first kappa shape index (κ1) is 8.39. The molecule has 0 heterocycles. The molecule has 0 radical (unpaired) electrons. The van der Waals surface area contributed by atoms with Crippen molar-refractivity contribution in [2.75, 3.05) is 7.05 Å². The van der Waals surface area contributed by atoms with Gasteiger partial charge in [-0.05, 0) is 0 Å². The molecule has 0 aliphatic rings. The van der Waals surface area contributed by atoms with Gasteiger partial charge in [0.1, 0.15) is 5.84 Å². The Morgan fingerprint density at radius 3 is 2.42 bits per heavy atom. The molecule has 4 heteroatoms. The van der Waals surface area contributed by atoms with E-state index >= 15 is 0 Å². The quantitative estimate of drug-likeness (QED) is 0.296. The SMILES string of the molecule is CN(N=N)C(=N)c1ccccc1. The number of nitrogens with zero attached hydrogens (tertiary/aromatic N) is 2. The van der Waals surface area contributed by atoms with E-state index < -0.39 is 0 Å². The molecule has 12 heavy (non-hydrogen) atoms. The van der Waals surface area contributed by atoms with Gasteiger partial charge in [0.15, 0.2) is 0 Å². The van der Waals surface area contributed by atoms with Crippen LogP contribution >= 0.6 is 0 Å². The Morgan fingerprint density at radius 2 is 1.92 bits per heavy atom. The van der Waals surface area contributed by atoms with Gasteiger partial charge in [0.05, 0.1) is 0 Å². The Morgan fingerprint density at radius 1 is 1.33 bits per heavy atom. The van der Waals surface area contributed by atoms with Gasteiger partial charge in [-0.15, -0.1) is 0 Å². The first-order chi connectivity index (χ1) is 5.75. The van der Waals surface area contributed by atoms with E-state index in [2.05, 4.69) is 5.22 Å². The second-order valence-corrected chi connectivity index (χ2v) is 2.34. The molecule has 0 aromatic heterocycles. The van der Waals surface area contributed by atoms with E-state index in [-0.39, 0.29) is 5.84 Å². The highest BCUT2D eigenvalue weighted by molar-refractivity contribution is 5.95. The van der Waals surface area contributed by atoms with Crippen LogP contribution in [-0.4, -0.2) is 17.9 Å². The Balaban J connectivity index is 2.85. The third-order valence-electron chi connectivity index (χ3n) is 1.52. The topological polar surface area (TPSA) is 63.3 Å². The molecule has 0 saturated heterocycles. The van der Waals surface area contributed by atoms with Gasteiger partial charge in [0.25, 0.3) is 0 Å². The van der Waals surface area contributed by atoms with Crippen molar-refractivity contribution in [1.82, 2.24) is 5.01 Å². The van der Waals surface area contributed by atoms with Crippen LogP contribution in [0.4, 0.5) is 0 Å². The minimum atomic E-state index is 0.227. The van der Waals surface area contributed by atoms with Crippen LogP contribution < -0.4 is 0 Å². The highest BCUT2D eigenvalue weighted by atomic mass is 15.5. The molecule has 0 aliphatic carbocycles. The normalized spacial score (nSPS) is 9.08. The molecular formula is C8H10N4. The van der Waals surface area contributed by atoms with Crippen LogP contribution in [0, 0.1) is 10.9 Å². The summed E-state index contributed by atoms with van der Waals surface area (Å²) in [7, 11) is 1.57. The van der Waals surface area contributed by atoms with Crippen LogP contribution in [0.25, 0.3) is 0 Å². The van der Waals surface area contributed by atoms with Gasteiger partial charge in [-0.1, -0.05) is 35.6 Å². The van der Waals surface area contributed by atoms with Crippen molar-refractivity contribution in [1.29, 1.82) is 10.9 Å². The summed E-state index contributed by atoms with van der Waals surface area (Å²) in [6, 6.07) is 9.20. The average Bonchev–Trinajstić information content (AvgIpc) is 2.17. The minimum Gasteiger partial charge on any atom is -0.283 e. The number of hydrogen-bond donors (Lipinski definition) is 2. The molecule has 1 aromatic rings. The molecule has 0 unspecified atom stereocenters. The molecule has 1 aromatic carbocycles. The van der Waals surface area contributed by atoms with Gasteiger partial charge in [-0.2, -0.15) is 5.53 Å². The molecule has 0 spiro atoms. The molecule has 0 amide bonds. The molecule has 1 rings (SSSR count). The third-order valence-corrected chi connectivity index (χ3v) is 1.52. The highest BCUT2D eigenvalue weighted by Gasteiger charge is 2.03. The summed E-state index contributed by atoms with van der Waals surface area (Å²) >= 11 is 0. The molecule has 0 fully saturated rings. The van der Waals surface area contributed by atoms with Gasteiger partial charge in [-0.3, -0.25) is 5.41 Å². The van der Waals surface area contributed by atoms with Crippen LogP contribution in [-0.2, 0) is 0 Å². The maximum atomic E-state index is 7.55. The van der Waals surface area contributed by atoms with E-state index in [9.17, 15) is 0 Å². The summed E-state index contributed by atoms with van der Waals surface area (Å²) in [6.45, 7) is 0. The molecule has 0 saturated carbocycles. The van der Waals surface area contributed by atoms with Crippen molar-refractivity contribution < 1.29 is 0 Å². The zero-order chi connectivity index (χ0) is 8.97. The zero-order valence-corrected chi connectivity index (χ0v) is 6.78. The lowest BCUT2D eigenvalue weighted by molar-refractivity contribution is 0.486. The van der Waals surface area contributed by atoms with Crippen LogP contribution in [0.2, 0.25) is 0 Å². The molecule has 0 bridgehead atoms. The Kier molecular flexibility index (Phi) is 2.53. The smallest absolute Gasteiger partial charge is 0.149 e. The van der Waals surface area contributed by atoms with Gasteiger partial charge in [0.2, 0.25) is 0 Å². The number of nitrogens with one attached hydrogen (secondary N) is 2. The van der Waals surface area contributed by atoms with Crippen LogP contribution in [0.1, 0.15) is 5.56 Å². The van der Waals surface area contributed by atoms with Crippen molar-refractivity contribution >= 4 is 5.84 Å². The molecule has 0 aliphatic heterocycles. The van der Waals surface area contributed by atoms with E-state index in [0.29, 0.717) is 0 Å². The predicted octanol–water partition coefficient (Wildman–Crippen LogP) is 1.89. The first-order valence-corrected chi connectivity index (χ1v) is 3.51. The lowest BCUT2D eigenvalue weighted by Crippen LogP contribution is -2.19. The third kappa shape index (κ3) is 1.66. The van der Waals surface area contributed by atoms with Crippen molar-refractivity contribution in [2.24, 2.45) is 5.22 Å². The van der Waals surface area contributed by atoms with Gasteiger partial charge >= 0.3 is 0 Å². The fourth-order valence-electron chi connectivity index (χ4n) is 0.833. The summed E-state index contributed by atoms with van der Waals surface area (Å²) in [5.74, 6) is 0.227. The second kappa shape index (κ2) is 3.61. The fourth-order valence-corrected chi connectivity index (χ4v) is 0.833. The van der Waals surface area contributed by atoms with Gasteiger partial charge in [0, 0.05) is 12.6 Å². The molecule has 0 atom stereocenters. The Bertz CT molecular complexity index is 280. The van der Waals surface area contributed by atoms with E-state index in [0.717, 1.165) is 5.56 Å². The lowest BCUT2D eigenvalue weighted by Gasteiger charge is -2.10. The standard InChI is InChI=1S/C8H10N4/c1-12(11-10)8(9)7-5-3-2-4-6-7/h2-6,9-10H,1H3. The number of benzene rings is 1. The summed E-state index contributed by atoms with van der Waals surface area (Å²) in [5.41, 5.74) is 7.46. The summed E-state index contributed by atoms with van der Waals surface area (Å²) < 4.78 is 0. The number of rotatable bonds is 2. The maximum absolute atomic E-state index is 7.55. The average molecular weight is 162 g/mol. The van der Waals surface area contributed by atoms with E-state index in [4.69, 9.17) is 10.9 Å². The zero-order valence-electron chi connectivity index (χ0n) is 6.78. The van der Waals surface area contributed by atoms with E-state index in [1.165, 1.54) is 5.01 Å². The largest absolute Gasteiger partial charge is 0.283 e.